The Kier molecular flexibility index (Phi) is 6.71. The highest BCUT2D eigenvalue weighted by molar-refractivity contribution is 6.42. The van der Waals surface area contributed by atoms with Gasteiger partial charge >= 0.3 is 0 Å². The Hall–Kier alpha value is -0.0300. The molecule has 18 heavy (non-hydrogen) atoms. The molecule has 1 fully saturated rings. The molecule has 1 aliphatic heterocycles. The summed E-state index contributed by atoms with van der Waals surface area (Å²) in [6.45, 7) is 2.99. The standard InChI is InChI=1S/C12H16Cl2N2O.ClH/c13-10-3-1-2-8(12(10)14)4-15-5-9-6-16-7-11(9)17;/h1-3,9,11,15-17H,4-7H2;1H. The van der Waals surface area contributed by atoms with Crippen molar-refractivity contribution in [3.8, 4) is 0 Å². The first-order valence-electron chi connectivity index (χ1n) is 5.71. The van der Waals surface area contributed by atoms with Crippen molar-refractivity contribution in [2.75, 3.05) is 19.6 Å². The Bertz CT molecular complexity index is 390. The minimum absolute atomic E-state index is 0. The largest absolute Gasteiger partial charge is 0.391 e. The minimum atomic E-state index is -0.252. The second kappa shape index (κ2) is 7.53. The summed E-state index contributed by atoms with van der Waals surface area (Å²) in [5, 5.41) is 17.3. The molecule has 0 amide bonds. The SMILES string of the molecule is Cl.OC1CNCC1CNCc1cccc(Cl)c1Cl. The normalized spacial score (nSPS) is 22.8. The highest BCUT2D eigenvalue weighted by atomic mass is 35.5. The molecule has 0 bridgehead atoms. The lowest BCUT2D eigenvalue weighted by molar-refractivity contribution is 0.146. The molecule has 0 saturated carbocycles. The summed E-state index contributed by atoms with van der Waals surface area (Å²) in [6.07, 6.45) is -0.252. The zero-order valence-electron chi connectivity index (χ0n) is 9.83. The van der Waals surface area contributed by atoms with Gasteiger partial charge in [-0.15, -0.1) is 12.4 Å². The fraction of sp³-hybridized carbons (Fsp3) is 0.500. The molecule has 0 radical (unpaired) electrons. The van der Waals surface area contributed by atoms with E-state index in [1.807, 2.05) is 12.1 Å². The van der Waals surface area contributed by atoms with Gasteiger partial charge in [0.1, 0.15) is 0 Å². The number of aliphatic hydroxyl groups excluding tert-OH is 1. The monoisotopic (exact) mass is 310 g/mol. The zero-order valence-corrected chi connectivity index (χ0v) is 12.2. The van der Waals surface area contributed by atoms with Crippen molar-refractivity contribution >= 4 is 35.6 Å². The van der Waals surface area contributed by atoms with Crippen molar-refractivity contribution in [3.05, 3.63) is 33.8 Å². The number of hydrogen-bond acceptors (Lipinski definition) is 3. The molecule has 1 saturated heterocycles. The number of halogens is 3. The Labute approximate surface area is 123 Å². The molecule has 2 rings (SSSR count). The molecule has 1 heterocycles. The van der Waals surface area contributed by atoms with Gasteiger partial charge in [-0.05, 0) is 11.6 Å². The maximum atomic E-state index is 9.64. The third kappa shape index (κ3) is 3.98. The van der Waals surface area contributed by atoms with Gasteiger partial charge in [-0.1, -0.05) is 35.3 Å². The van der Waals surface area contributed by atoms with E-state index < -0.39 is 0 Å². The van der Waals surface area contributed by atoms with Crippen molar-refractivity contribution in [2.45, 2.75) is 12.6 Å². The van der Waals surface area contributed by atoms with E-state index in [1.165, 1.54) is 0 Å². The lowest BCUT2D eigenvalue weighted by Gasteiger charge is -2.14. The summed E-state index contributed by atoms with van der Waals surface area (Å²) in [7, 11) is 0. The Morgan fingerprint density at radius 1 is 1.33 bits per heavy atom. The van der Waals surface area contributed by atoms with Crippen LogP contribution in [-0.4, -0.2) is 30.8 Å². The zero-order chi connectivity index (χ0) is 12.3. The van der Waals surface area contributed by atoms with Crippen LogP contribution in [0.4, 0.5) is 0 Å². The predicted molar refractivity (Wildman–Crippen MR) is 77.8 cm³/mol. The van der Waals surface area contributed by atoms with Crippen molar-refractivity contribution in [2.24, 2.45) is 5.92 Å². The van der Waals surface area contributed by atoms with E-state index in [9.17, 15) is 5.11 Å². The third-order valence-corrected chi connectivity index (χ3v) is 3.92. The minimum Gasteiger partial charge on any atom is -0.391 e. The van der Waals surface area contributed by atoms with Gasteiger partial charge in [-0.2, -0.15) is 0 Å². The van der Waals surface area contributed by atoms with Crippen LogP contribution in [0.1, 0.15) is 5.56 Å². The van der Waals surface area contributed by atoms with Gasteiger partial charge in [0.05, 0.1) is 16.1 Å². The molecular formula is C12H17Cl3N2O. The van der Waals surface area contributed by atoms with Crippen LogP contribution in [0, 0.1) is 5.92 Å². The van der Waals surface area contributed by atoms with Crippen LogP contribution in [0.25, 0.3) is 0 Å². The van der Waals surface area contributed by atoms with E-state index in [1.54, 1.807) is 6.07 Å². The van der Waals surface area contributed by atoms with Crippen molar-refractivity contribution < 1.29 is 5.11 Å². The summed E-state index contributed by atoms with van der Waals surface area (Å²) < 4.78 is 0. The molecule has 3 N–H and O–H groups in total. The first kappa shape index (κ1) is 16.0. The van der Waals surface area contributed by atoms with Crippen LogP contribution in [0.3, 0.4) is 0 Å². The van der Waals surface area contributed by atoms with Crippen molar-refractivity contribution in [1.82, 2.24) is 10.6 Å². The number of hydrogen-bond donors (Lipinski definition) is 3. The number of nitrogens with one attached hydrogen (secondary N) is 2. The Morgan fingerprint density at radius 3 is 2.78 bits per heavy atom. The maximum absolute atomic E-state index is 9.64. The lowest BCUT2D eigenvalue weighted by Crippen LogP contribution is -2.30. The van der Waals surface area contributed by atoms with Crippen LogP contribution >= 0.6 is 35.6 Å². The molecule has 6 heteroatoms. The summed E-state index contributed by atoms with van der Waals surface area (Å²) in [6, 6.07) is 5.61. The van der Waals surface area contributed by atoms with E-state index >= 15 is 0 Å². The fourth-order valence-electron chi connectivity index (χ4n) is 2.00. The molecular weight excluding hydrogens is 295 g/mol. The molecule has 1 aromatic rings. The number of β-amino-alcohol motifs (C(OH)–C–C–N with tert-alkyl or cyclic N) is 1. The molecule has 0 spiro atoms. The summed E-state index contributed by atoms with van der Waals surface area (Å²) in [4.78, 5) is 0. The van der Waals surface area contributed by atoms with Crippen molar-refractivity contribution in [1.29, 1.82) is 0 Å². The first-order valence-corrected chi connectivity index (χ1v) is 6.46. The topological polar surface area (TPSA) is 44.3 Å². The molecule has 2 unspecified atom stereocenters. The Morgan fingerprint density at radius 2 is 2.11 bits per heavy atom. The second-order valence-corrected chi connectivity index (χ2v) is 5.11. The van der Waals surface area contributed by atoms with Gasteiger partial charge in [-0.25, -0.2) is 0 Å². The lowest BCUT2D eigenvalue weighted by atomic mass is 10.1. The quantitative estimate of drug-likeness (QED) is 0.798. The Balaban J connectivity index is 0.00000162. The summed E-state index contributed by atoms with van der Waals surface area (Å²) in [5.41, 5.74) is 0.986. The summed E-state index contributed by atoms with van der Waals surface area (Å²) in [5.74, 6) is 0.271. The van der Waals surface area contributed by atoms with E-state index in [0.717, 1.165) is 18.7 Å². The molecule has 1 aliphatic rings. The van der Waals surface area contributed by atoms with E-state index in [-0.39, 0.29) is 24.4 Å². The maximum Gasteiger partial charge on any atom is 0.0716 e. The first-order chi connectivity index (χ1) is 8.18. The molecule has 0 aromatic heterocycles. The molecule has 0 aliphatic carbocycles. The third-order valence-electron chi connectivity index (χ3n) is 3.06. The number of benzene rings is 1. The van der Waals surface area contributed by atoms with Crippen LogP contribution in [-0.2, 0) is 6.54 Å². The van der Waals surface area contributed by atoms with Gasteiger partial charge in [0, 0.05) is 32.1 Å². The van der Waals surface area contributed by atoms with Gasteiger partial charge in [0.25, 0.3) is 0 Å². The highest BCUT2D eigenvalue weighted by Gasteiger charge is 2.24. The molecule has 1 aromatic carbocycles. The van der Waals surface area contributed by atoms with Crippen LogP contribution in [0.15, 0.2) is 18.2 Å². The second-order valence-electron chi connectivity index (χ2n) is 4.33. The van der Waals surface area contributed by atoms with E-state index in [2.05, 4.69) is 10.6 Å². The predicted octanol–water partition coefficient (Wildman–Crippen LogP) is 2.09. The average molecular weight is 312 g/mol. The van der Waals surface area contributed by atoms with Crippen LogP contribution < -0.4 is 10.6 Å². The van der Waals surface area contributed by atoms with Crippen molar-refractivity contribution in [3.63, 3.8) is 0 Å². The van der Waals surface area contributed by atoms with E-state index in [0.29, 0.717) is 23.1 Å². The van der Waals surface area contributed by atoms with Crippen LogP contribution in [0.2, 0.25) is 10.0 Å². The smallest absolute Gasteiger partial charge is 0.0716 e. The molecule has 102 valence electrons. The van der Waals surface area contributed by atoms with Gasteiger partial charge in [-0.3, -0.25) is 0 Å². The molecule has 2 atom stereocenters. The van der Waals surface area contributed by atoms with Gasteiger partial charge in [0.2, 0.25) is 0 Å². The average Bonchev–Trinajstić information content (AvgIpc) is 2.71. The fourth-order valence-corrected chi connectivity index (χ4v) is 2.39. The van der Waals surface area contributed by atoms with Gasteiger partial charge in [0.15, 0.2) is 0 Å². The molecule has 3 nitrogen and oxygen atoms in total. The number of aliphatic hydroxyl groups is 1. The van der Waals surface area contributed by atoms with E-state index in [4.69, 9.17) is 23.2 Å². The number of rotatable bonds is 4. The van der Waals surface area contributed by atoms with Crippen LogP contribution in [0.5, 0.6) is 0 Å². The van der Waals surface area contributed by atoms with Gasteiger partial charge < -0.3 is 15.7 Å². The summed E-state index contributed by atoms with van der Waals surface area (Å²) >= 11 is 12.0. The highest BCUT2D eigenvalue weighted by Crippen LogP contribution is 2.25.